The van der Waals surface area contributed by atoms with Crippen molar-refractivity contribution in [3.8, 4) is 0 Å². The van der Waals surface area contributed by atoms with Gasteiger partial charge in [0.1, 0.15) is 0 Å². The highest BCUT2D eigenvalue weighted by Gasteiger charge is 2.18. The maximum atomic E-state index is 12.7. The number of nitro groups is 1. The van der Waals surface area contributed by atoms with Crippen molar-refractivity contribution in [2.45, 2.75) is 13.9 Å². The first-order chi connectivity index (χ1) is 19.5. The molecule has 0 radical (unpaired) electrons. The van der Waals surface area contributed by atoms with E-state index in [0.29, 0.717) is 15.5 Å². The fraction of sp³-hybridized carbons (Fsp3) is 0.0690. The molecule has 198 valence electrons. The van der Waals surface area contributed by atoms with Gasteiger partial charge in [0.05, 0.1) is 36.4 Å². The van der Waals surface area contributed by atoms with Crippen molar-refractivity contribution < 1.29 is 9.72 Å². The van der Waals surface area contributed by atoms with Crippen LogP contribution in [0.3, 0.4) is 0 Å². The quantitative estimate of drug-likeness (QED) is 0.101. The summed E-state index contributed by atoms with van der Waals surface area (Å²) in [5.41, 5.74) is 4.75. The van der Waals surface area contributed by atoms with Crippen molar-refractivity contribution in [2.24, 2.45) is 0 Å². The van der Waals surface area contributed by atoms with E-state index in [1.54, 1.807) is 29.2 Å². The van der Waals surface area contributed by atoms with Crippen LogP contribution in [0.1, 0.15) is 16.4 Å². The third-order valence-electron chi connectivity index (χ3n) is 5.97. The number of non-ortho nitro benzene ring substituents is 1. The van der Waals surface area contributed by atoms with Gasteiger partial charge in [0.15, 0.2) is 8.68 Å². The molecule has 4 aromatic carbocycles. The minimum absolute atomic E-state index is 0.0288. The molecule has 0 atom stereocenters. The standard InChI is InChI=1S/C29H20N4O3S4/c34-26(17-37-28-31-23-14-12-21(33(35)36)16-25(23)38-28)30-20-11-13-22-24(15-20)39-29(32-22)40-27(18-7-3-1-4-8-18)19-9-5-2-6-10-19/h1-16,27H,17H2,(H,30,34). The number of fused-ring (bicyclic) bond motifs is 2. The number of anilines is 1. The predicted octanol–water partition coefficient (Wildman–Crippen LogP) is 8.43. The Morgan fingerprint density at radius 3 is 2.10 bits per heavy atom. The van der Waals surface area contributed by atoms with Gasteiger partial charge in [-0.05, 0) is 35.4 Å². The Bertz CT molecular complexity index is 1780. The van der Waals surface area contributed by atoms with E-state index in [2.05, 4.69) is 58.8 Å². The molecular weight excluding hydrogens is 581 g/mol. The van der Waals surface area contributed by atoms with Crippen molar-refractivity contribution in [3.05, 3.63) is 118 Å². The van der Waals surface area contributed by atoms with Gasteiger partial charge in [-0.25, -0.2) is 9.97 Å². The van der Waals surface area contributed by atoms with Crippen LogP contribution in [0.2, 0.25) is 0 Å². The Morgan fingerprint density at radius 2 is 1.43 bits per heavy atom. The summed E-state index contributed by atoms with van der Waals surface area (Å²) >= 11 is 5.99. The van der Waals surface area contributed by atoms with Crippen LogP contribution >= 0.6 is 46.2 Å². The zero-order valence-corrected chi connectivity index (χ0v) is 24.0. The molecule has 0 unspecified atom stereocenters. The van der Waals surface area contributed by atoms with Crippen molar-refractivity contribution in [1.82, 2.24) is 9.97 Å². The minimum Gasteiger partial charge on any atom is -0.325 e. The number of thioether (sulfide) groups is 2. The lowest BCUT2D eigenvalue weighted by Gasteiger charge is -2.16. The second-order valence-electron chi connectivity index (χ2n) is 8.71. The van der Waals surface area contributed by atoms with Crippen LogP contribution in [0.4, 0.5) is 11.4 Å². The lowest BCUT2D eigenvalue weighted by atomic mass is 10.0. The molecule has 2 heterocycles. The Morgan fingerprint density at radius 1 is 0.825 bits per heavy atom. The summed E-state index contributed by atoms with van der Waals surface area (Å²) in [4.78, 5) is 32.6. The van der Waals surface area contributed by atoms with Crippen LogP contribution in [0.15, 0.2) is 106 Å². The number of thiazole rings is 2. The molecule has 40 heavy (non-hydrogen) atoms. The first kappa shape index (κ1) is 26.5. The number of nitro benzene ring substituents is 1. The zero-order chi connectivity index (χ0) is 27.5. The zero-order valence-electron chi connectivity index (χ0n) is 20.7. The Kier molecular flexibility index (Phi) is 7.78. The summed E-state index contributed by atoms with van der Waals surface area (Å²) in [6.45, 7) is 0. The summed E-state index contributed by atoms with van der Waals surface area (Å²) < 4.78 is 3.38. The van der Waals surface area contributed by atoms with E-state index in [4.69, 9.17) is 4.98 Å². The second-order valence-corrected chi connectivity index (χ2v) is 13.3. The van der Waals surface area contributed by atoms with E-state index in [0.717, 1.165) is 19.3 Å². The van der Waals surface area contributed by atoms with E-state index < -0.39 is 4.92 Å². The lowest BCUT2D eigenvalue weighted by molar-refractivity contribution is -0.384. The van der Waals surface area contributed by atoms with Gasteiger partial charge < -0.3 is 5.32 Å². The van der Waals surface area contributed by atoms with E-state index >= 15 is 0 Å². The predicted molar refractivity (Wildman–Crippen MR) is 166 cm³/mol. The second kappa shape index (κ2) is 11.8. The fourth-order valence-corrected chi connectivity index (χ4v) is 8.44. The number of nitrogens with zero attached hydrogens (tertiary/aromatic N) is 3. The molecule has 7 nitrogen and oxygen atoms in total. The molecule has 11 heteroatoms. The summed E-state index contributed by atoms with van der Waals surface area (Å²) in [5, 5.41) is 14.1. The molecule has 0 aliphatic heterocycles. The van der Waals surface area contributed by atoms with Gasteiger partial charge in [0.2, 0.25) is 5.91 Å². The first-order valence-electron chi connectivity index (χ1n) is 12.2. The maximum absolute atomic E-state index is 12.7. The van der Waals surface area contributed by atoms with Crippen molar-refractivity contribution >= 4 is 83.9 Å². The molecule has 0 aliphatic rings. The minimum atomic E-state index is -0.425. The van der Waals surface area contributed by atoms with Gasteiger partial charge in [-0.2, -0.15) is 0 Å². The largest absolute Gasteiger partial charge is 0.325 e. The van der Waals surface area contributed by atoms with Gasteiger partial charge in [-0.1, -0.05) is 84.2 Å². The third kappa shape index (κ3) is 6.02. The van der Waals surface area contributed by atoms with Crippen LogP contribution in [0.5, 0.6) is 0 Å². The number of carbonyl (C=O) groups is 1. The van der Waals surface area contributed by atoms with Crippen LogP contribution in [0.25, 0.3) is 20.4 Å². The summed E-state index contributed by atoms with van der Waals surface area (Å²) in [7, 11) is 0. The van der Waals surface area contributed by atoms with Crippen molar-refractivity contribution in [2.75, 3.05) is 11.1 Å². The monoisotopic (exact) mass is 600 g/mol. The molecule has 0 fully saturated rings. The number of hydrogen-bond donors (Lipinski definition) is 1. The van der Waals surface area contributed by atoms with Gasteiger partial charge in [0, 0.05) is 17.8 Å². The third-order valence-corrected chi connectivity index (χ3v) is 10.6. The normalized spacial score (nSPS) is 11.3. The fourth-order valence-electron chi connectivity index (χ4n) is 4.11. The molecule has 0 saturated heterocycles. The Labute approximate surface area is 245 Å². The van der Waals surface area contributed by atoms with Crippen molar-refractivity contribution in [1.29, 1.82) is 0 Å². The smallest absolute Gasteiger partial charge is 0.270 e. The molecule has 0 aliphatic carbocycles. The molecule has 6 rings (SSSR count). The van der Waals surface area contributed by atoms with Gasteiger partial charge in [-0.3, -0.25) is 14.9 Å². The molecular formula is C29H20N4O3S4. The number of amides is 1. The molecule has 1 amide bonds. The molecule has 1 N–H and O–H groups in total. The number of carbonyl (C=O) groups excluding carboxylic acids is 1. The summed E-state index contributed by atoms with van der Waals surface area (Å²) in [6, 6.07) is 31.2. The highest BCUT2D eigenvalue weighted by atomic mass is 32.2. The summed E-state index contributed by atoms with van der Waals surface area (Å²) in [5.74, 6) is 0.0291. The van der Waals surface area contributed by atoms with Crippen LogP contribution in [-0.2, 0) is 4.79 Å². The SMILES string of the molecule is O=C(CSc1nc2ccc([N+](=O)[O-])cc2s1)Nc1ccc2nc(SC(c3ccccc3)c3ccccc3)sc2c1. The number of nitrogens with one attached hydrogen (secondary N) is 1. The van der Waals surface area contributed by atoms with Crippen LogP contribution in [-0.4, -0.2) is 26.6 Å². The lowest BCUT2D eigenvalue weighted by Crippen LogP contribution is -2.13. The molecule has 6 aromatic rings. The average molecular weight is 601 g/mol. The van der Waals surface area contributed by atoms with Crippen LogP contribution in [0, 0.1) is 10.1 Å². The number of hydrogen-bond acceptors (Lipinski definition) is 9. The Balaban J connectivity index is 1.13. The molecule has 0 saturated carbocycles. The van der Waals surface area contributed by atoms with Gasteiger partial charge in [-0.15, -0.1) is 22.7 Å². The topological polar surface area (TPSA) is 98.0 Å². The Hall–Kier alpha value is -3.77. The first-order valence-corrected chi connectivity index (χ1v) is 15.7. The van der Waals surface area contributed by atoms with Crippen LogP contribution < -0.4 is 5.32 Å². The molecule has 2 aromatic heterocycles. The highest BCUT2D eigenvalue weighted by Crippen LogP contribution is 2.43. The highest BCUT2D eigenvalue weighted by molar-refractivity contribution is 8.02. The maximum Gasteiger partial charge on any atom is 0.270 e. The van der Waals surface area contributed by atoms with Crippen molar-refractivity contribution in [3.63, 3.8) is 0 Å². The van der Waals surface area contributed by atoms with E-state index in [1.807, 2.05) is 30.3 Å². The van der Waals surface area contributed by atoms with E-state index in [-0.39, 0.29) is 22.6 Å². The van der Waals surface area contributed by atoms with E-state index in [1.165, 1.54) is 46.4 Å². The summed E-state index contributed by atoms with van der Waals surface area (Å²) in [6.07, 6.45) is 0. The average Bonchev–Trinajstić information content (AvgIpc) is 3.58. The molecule has 0 spiro atoms. The van der Waals surface area contributed by atoms with Gasteiger partial charge >= 0.3 is 0 Å². The van der Waals surface area contributed by atoms with E-state index in [9.17, 15) is 14.9 Å². The number of rotatable bonds is 9. The van der Waals surface area contributed by atoms with Gasteiger partial charge in [0.25, 0.3) is 5.69 Å². The number of aromatic nitrogens is 2. The molecule has 0 bridgehead atoms. The number of benzene rings is 4.